The Morgan fingerprint density at radius 2 is 2.03 bits per heavy atom. The highest BCUT2D eigenvalue weighted by Crippen LogP contribution is 2.23. The maximum Gasteiger partial charge on any atom is 0.276 e. The monoisotopic (exact) mass is 404 g/mol. The number of hydrogen-bond acceptors (Lipinski definition) is 5. The average molecular weight is 404 g/mol. The molecule has 2 aromatic heterocycles. The zero-order valence-electron chi connectivity index (χ0n) is 16.9. The number of aromatic nitrogens is 2. The van der Waals surface area contributed by atoms with E-state index >= 15 is 0 Å². The van der Waals surface area contributed by atoms with Gasteiger partial charge in [-0.2, -0.15) is 0 Å². The summed E-state index contributed by atoms with van der Waals surface area (Å²) in [5.74, 6) is 0.0490. The molecule has 7 nitrogen and oxygen atoms in total. The smallest absolute Gasteiger partial charge is 0.276 e. The molecule has 30 heavy (non-hydrogen) atoms. The number of aryl methyl sites for hydroxylation is 1. The maximum atomic E-state index is 12.9. The van der Waals surface area contributed by atoms with Crippen LogP contribution in [0.25, 0.3) is 11.3 Å². The van der Waals surface area contributed by atoms with E-state index in [1.54, 1.807) is 17.2 Å². The lowest BCUT2D eigenvalue weighted by atomic mass is 9.96. The van der Waals surface area contributed by atoms with E-state index in [-0.39, 0.29) is 23.4 Å². The molecule has 0 spiro atoms. The number of nitrogens with one attached hydrogen (secondary N) is 1. The van der Waals surface area contributed by atoms with Gasteiger partial charge in [0.15, 0.2) is 11.5 Å². The first kappa shape index (κ1) is 19.8. The molecule has 1 aliphatic rings. The predicted octanol–water partition coefficient (Wildman–Crippen LogP) is 3.21. The fraction of sp³-hybridized carbons (Fsp3) is 0.304. The zero-order valence-corrected chi connectivity index (χ0v) is 16.9. The van der Waals surface area contributed by atoms with Gasteiger partial charge in [0.05, 0.1) is 18.2 Å². The minimum absolute atomic E-state index is 0.0568. The Bertz CT molecular complexity index is 1010. The first-order valence-corrected chi connectivity index (χ1v) is 10.1. The zero-order chi connectivity index (χ0) is 20.9. The number of piperidine rings is 1. The van der Waals surface area contributed by atoms with Crippen LogP contribution >= 0.6 is 0 Å². The number of nitrogens with zero attached hydrogens (tertiary/aromatic N) is 3. The van der Waals surface area contributed by atoms with E-state index < -0.39 is 0 Å². The van der Waals surface area contributed by atoms with Crippen molar-refractivity contribution in [3.63, 3.8) is 0 Å². The molecule has 0 unspecified atom stereocenters. The van der Waals surface area contributed by atoms with Gasteiger partial charge in [-0.1, -0.05) is 41.1 Å². The molecular weight excluding hydrogens is 380 g/mol. The standard InChI is InChI=1S/C23H24N4O3/c1-16-7-9-17(10-8-16)21-13-20(26-30-21)23(29)27-12-4-5-18(15-27)22(28)25-14-19-6-2-3-11-24-19/h2-3,6-11,13,18H,4-5,12,14-15H2,1H3,(H,25,28)/t18-/m0/s1. The Labute approximate surface area is 175 Å². The number of benzene rings is 1. The second kappa shape index (κ2) is 8.90. The van der Waals surface area contributed by atoms with Crippen LogP contribution in [0.2, 0.25) is 0 Å². The second-order valence-electron chi connectivity index (χ2n) is 7.57. The minimum Gasteiger partial charge on any atom is -0.355 e. The molecular formula is C23H24N4O3. The van der Waals surface area contributed by atoms with Gasteiger partial charge in [-0.05, 0) is 31.9 Å². The summed E-state index contributed by atoms with van der Waals surface area (Å²) < 4.78 is 5.38. The van der Waals surface area contributed by atoms with Crippen LogP contribution in [-0.4, -0.2) is 39.9 Å². The first-order valence-electron chi connectivity index (χ1n) is 10.1. The Morgan fingerprint density at radius 3 is 2.80 bits per heavy atom. The van der Waals surface area contributed by atoms with E-state index in [0.717, 1.165) is 29.7 Å². The van der Waals surface area contributed by atoms with Crippen molar-refractivity contribution < 1.29 is 14.1 Å². The Morgan fingerprint density at radius 1 is 1.20 bits per heavy atom. The highest BCUT2D eigenvalue weighted by Gasteiger charge is 2.30. The van der Waals surface area contributed by atoms with Crippen molar-refractivity contribution in [3.05, 3.63) is 71.7 Å². The molecule has 1 N–H and O–H groups in total. The molecule has 7 heteroatoms. The number of carbonyl (C=O) groups is 2. The molecule has 3 aromatic rings. The van der Waals surface area contributed by atoms with Crippen LogP contribution < -0.4 is 5.32 Å². The third-order valence-corrected chi connectivity index (χ3v) is 5.31. The highest BCUT2D eigenvalue weighted by molar-refractivity contribution is 5.93. The summed E-state index contributed by atoms with van der Waals surface area (Å²) in [5, 5.41) is 6.89. The van der Waals surface area contributed by atoms with Crippen LogP contribution in [0, 0.1) is 12.8 Å². The van der Waals surface area contributed by atoms with E-state index in [1.807, 2.05) is 49.4 Å². The number of carbonyl (C=O) groups excluding carboxylic acids is 2. The van der Waals surface area contributed by atoms with Crippen LogP contribution in [0.4, 0.5) is 0 Å². The van der Waals surface area contributed by atoms with Crippen LogP contribution in [0.5, 0.6) is 0 Å². The molecule has 1 saturated heterocycles. The molecule has 1 atom stereocenters. The quantitative estimate of drug-likeness (QED) is 0.705. The van der Waals surface area contributed by atoms with Gasteiger partial charge < -0.3 is 14.7 Å². The van der Waals surface area contributed by atoms with Gasteiger partial charge in [-0.3, -0.25) is 14.6 Å². The van der Waals surface area contributed by atoms with Gasteiger partial charge in [0, 0.05) is 30.9 Å². The molecule has 0 bridgehead atoms. The summed E-state index contributed by atoms with van der Waals surface area (Å²) >= 11 is 0. The number of hydrogen-bond donors (Lipinski definition) is 1. The molecule has 154 valence electrons. The Kier molecular flexibility index (Phi) is 5.88. The van der Waals surface area contributed by atoms with Crippen LogP contribution in [0.1, 0.15) is 34.6 Å². The lowest BCUT2D eigenvalue weighted by Gasteiger charge is -2.31. The van der Waals surface area contributed by atoms with E-state index in [1.165, 1.54) is 0 Å². The fourth-order valence-corrected chi connectivity index (χ4v) is 3.59. The van der Waals surface area contributed by atoms with Crippen molar-refractivity contribution in [2.75, 3.05) is 13.1 Å². The molecule has 1 aliphatic heterocycles. The van der Waals surface area contributed by atoms with Crippen LogP contribution in [0.15, 0.2) is 59.3 Å². The average Bonchev–Trinajstić information content (AvgIpc) is 3.28. The van der Waals surface area contributed by atoms with Gasteiger partial charge in [-0.25, -0.2) is 0 Å². The van der Waals surface area contributed by atoms with Gasteiger partial charge in [0.25, 0.3) is 5.91 Å². The SMILES string of the molecule is Cc1ccc(-c2cc(C(=O)N3CCC[C@H](C(=O)NCc4ccccn4)C3)no2)cc1. The summed E-state index contributed by atoms with van der Waals surface area (Å²) in [6, 6.07) is 15.1. The van der Waals surface area contributed by atoms with Crippen molar-refractivity contribution in [3.8, 4) is 11.3 Å². The number of amides is 2. The van der Waals surface area contributed by atoms with Crippen LogP contribution in [0.3, 0.4) is 0 Å². The number of rotatable bonds is 5. The molecule has 4 rings (SSSR count). The van der Waals surface area contributed by atoms with Crippen molar-refractivity contribution in [1.82, 2.24) is 20.4 Å². The third kappa shape index (κ3) is 4.56. The Balaban J connectivity index is 1.37. The summed E-state index contributed by atoms with van der Waals surface area (Å²) in [5.41, 5.74) is 3.09. The third-order valence-electron chi connectivity index (χ3n) is 5.31. The van der Waals surface area contributed by atoms with E-state index in [4.69, 9.17) is 4.52 Å². The molecule has 1 aromatic carbocycles. The largest absolute Gasteiger partial charge is 0.355 e. The second-order valence-corrected chi connectivity index (χ2v) is 7.57. The van der Waals surface area contributed by atoms with Gasteiger partial charge >= 0.3 is 0 Å². The number of likely N-dealkylation sites (tertiary alicyclic amines) is 1. The predicted molar refractivity (Wildman–Crippen MR) is 111 cm³/mol. The number of pyridine rings is 1. The summed E-state index contributed by atoms with van der Waals surface area (Å²) in [7, 11) is 0. The molecule has 2 amide bonds. The van der Waals surface area contributed by atoms with Gasteiger partial charge in [0.2, 0.25) is 5.91 Å². The summed E-state index contributed by atoms with van der Waals surface area (Å²) in [6.45, 7) is 3.38. The van der Waals surface area contributed by atoms with E-state index in [0.29, 0.717) is 25.4 Å². The normalized spacial score (nSPS) is 16.3. The molecule has 0 radical (unpaired) electrons. The maximum absolute atomic E-state index is 12.9. The van der Waals surface area contributed by atoms with Crippen molar-refractivity contribution in [2.24, 2.45) is 5.92 Å². The topological polar surface area (TPSA) is 88.3 Å². The van der Waals surface area contributed by atoms with Gasteiger partial charge in [0.1, 0.15) is 0 Å². The highest BCUT2D eigenvalue weighted by atomic mass is 16.5. The van der Waals surface area contributed by atoms with Crippen molar-refractivity contribution in [1.29, 1.82) is 0 Å². The fourth-order valence-electron chi connectivity index (χ4n) is 3.59. The van der Waals surface area contributed by atoms with Crippen molar-refractivity contribution >= 4 is 11.8 Å². The molecule has 1 fully saturated rings. The molecule has 0 aliphatic carbocycles. The summed E-state index contributed by atoms with van der Waals surface area (Å²) in [4.78, 5) is 31.4. The van der Waals surface area contributed by atoms with Gasteiger partial charge in [-0.15, -0.1) is 0 Å². The summed E-state index contributed by atoms with van der Waals surface area (Å²) in [6.07, 6.45) is 3.23. The lowest BCUT2D eigenvalue weighted by molar-refractivity contribution is -0.126. The lowest BCUT2D eigenvalue weighted by Crippen LogP contribution is -2.45. The Hall–Kier alpha value is -3.48. The van der Waals surface area contributed by atoms with Crippen molar-refractivity contribution in [2.45, 2.75) is 26.3 Å². The molecule has 3 heterocycles. The van der Waals surface area contributed by atoms with Crippen LogP contribution in [-0.2, 0) is 11.3 Å². The first-order chi connectivity index (χ1) is 14.6. The van der Waals surface area contributed by atoms with E-state index in [9.17, 15) is 9.59 Å². The van der Waals surface area contributed by atoms with E-state index in [2.05, 4.69) is 15.5 Å². The molecule has 0 saturated carbocycles. The minimum atomic E-state index is -0.241.